The van der Waals surface area contributed by atoms with Crippen LogP contribution in [0.15, 0.2) is 0 Å². The van der Waals surface area contributed by atoms with Crippen molar-refractivity contribution in [1.82, 2.24) is 0 Å². The van der Waals surface area contributed by atoms with Crippen molar-refractivity contribution in [3.05, 3.63) is 20.2 Å². The van der Waals surface area contributed by atoms with Crippen molar-refractivity contribution in [1.29, 1.82) is 0 Å². The predicted molar refractivity (Wildman–Crippen MR) is 59.3 cm³/mol. The minimum absolute atomic E-state index is 0.0341. The van der Waals surface area contributed by atoms with Gasteiger partial charge in [0, 0.05) is 5.41 Å². The molecule has 0 rings (SSSR count). The maximum Gasteiger partial charge on any atom is 0.291 e. The topological polar surface area (TPSA) is 167 Å². The van der Waals surface area contributed by atoms with E-state index in [0.29, 0.717) is 0 Å². The van der Waals surface area contributed by atoms with Gasteiger partial charge < -0.3 is 20.6 Å². The monoisotopic (exact) mass is 272 g/mol. The summed E-state index contributed by atoms with van der Waals surface area (Å²) in [6.07, 6.45) is -0.419. The first-order chi connectivity index (χ1) is 7.88. The van der Waals surface area contributed by atoms with E-state index in [1.807, 2.05) is 27.7 Å². The van der Waals surface area contributed by atoms with Crippen LogP contribution in [0, 0.1) is 31.6 Å². The Balaban J connectivity index is -0.000000233. The Morgan fingerprint density at radius 3 is 1.39 bits per heavy atom. The van der Waals surface area contributed by atoms with Crippen LogP contribution < -0.4 is 0 Å². The summed E-state index contributed by atoms with van der Waals surface area (Å²) in [4.78, 5) is 16.7. The number of aliphatic hydroxyl groups excluding tert-OH is 2. The molecular weight excluding hydrogens is 252 g/mol. The standard InChI is InChI=1S/C8H18O2.2HNO3/c1-6(2)7(10)8(3,4)5-9;2*2-1(3)4/h6-7,9-10H,5H2,1-4H3;2*(H,2,3,4). The zero-order valence-corrected chi connectivity index (χ0v) is 10.7. The van der Waals surface area contributed by atoms with E-state index in [4.69, 9.17) is 35.7 Å². The maximum atomic E-state index is 9.49. The van der Waals surface area contributed by atoms with Gasteiger partial charge in [-0.1, -0.05) is 27.7 Å². The van der Waals surface area contributed by atoms with Crippen LogP contribution in [-0.2, 0) is 0 Å². The number of hydrogen-bond acceptors (Lipinski definition) is 6. The van der Waals surface area contributed by atoms with E-state index in [1.165, 1.54) is 0 Å². The van der Waals surface area contributed by atoms with Gasteiger partial charge in [0.25, 0.3) is 10.2 Å². The van der Waals surface area contributed by atoms with Gasteiger partial charge in [0.2, 0.25) is 0 Å². The molecule has 4 N–H and O–H groups in total. The second kappa shape index (κ2) is 10.5. The summed E-state index contributed by atoms with van der Waals surface area (Å²) in [5.74, 6) is 0.210. The first-order valence-corrected chi connectivity index (χ1v) is 4.83. The molecule has 0 bridgehead atoms. The molecule has 10 heteroatoms. The Morgan fingerprint density at radius 2 is 1.33 bits per heavy atom. The van der Waals surface area contributed by atoms with Gasteiger partial charge in [-0.15, -0.1) is 20.2 Å². The molecule has 0 fully saturated rings. The SMILES string of the molecule is CC(C)C(O)C(C)(C)CO.O=[N+]([O-])O.O=[N+]([O-])O. The minimum atomic E-state index is -1.50. The maximum absolute atomic E-state index is 9.49. The summed E-state index contributed by atoms with van der Waals surface area (Å²) in [6.45, 7) is 7.64. The molecule has 0 amide bonds. The summed E-state index contributed by atoms with van der Waals surface area (Å²) in [5.41, 5.74) is -0.367. The molecule has 0 saturated carbocycles. The molecule has 0 aliphatic carbocycles. The van der Waals surface area contributed by atoms with Crippen molar-refractivity contribution in [3.63, 3.8) is 0 Å². The van der Waals surface area contributed by atoms with Crippen LogP contribution in [-0.4, -0.2) is 43.5 Å². The quantitative estimate of drug-likeness (QED) is 0.420. The molecule has 1 atom stereocenters. The van der Waals surface area contributed by atoms with Crippen molar-refractivity contribution in [3.8, 4) is 0 Å². The van der Waals surface area contributed by atoms with E-state index < -0.39 is 16.3 Å². The molecule has 0 aromatic heterocycles. The average Bonchev–Trinajstić information content (AvgIpc) is 2.14. The lowest BCUT2D eigenvalue weighted by Crippen LogP contribution is -2.36. The van der Waals surface area contributed by atoms with Crippen LogP contribution in [0.4, 0.5) is 0 Å². The number of hydrogen-bond donors (Lipinski definition) is 4. The fourth-order valence-corrected chi connectivity index (χ4v) is 0.996. The molecule has 18 heavy (non-hydrogen) atoms. The van der Waals surface area contributed by atoms with Crippen molar-refractivity contribution in [2.75, 3.05) is 6.61 Å². The molecule has 0 heterocycles. The van der Waals surface area contributed by atoms with E-state index in [-0.39, 0.29) is 17.9 Å². The fraction of sp³-hybridized carbons (Fsp3) is 1.00. The molecule has 0 aromatic rings. The lowest BCUT2D eigenvalue weighted by atomic mass is 9.82. The highest BCUT2D eigenvalue weighted by atomic mass is 16.9. The zero-order valence-electron chi connectivity index (χ0n) is 10.7. The molecule has 1 unspecified atom stereocenters. The summed E-state index contributed by atoms with van der Waals surface area (Å²) in [6, 6.07) is 0. The van der Waals surface area contributed by atoms with Gasteiger partial charge in [-0.2, -0.15) is 0 Å². The minimum Gasteiger partial charge on any atom is -0.396 e. The summed E-state index contributed by atoms with van der Waals surface area (Å²) in [5, 5.41) is 45.6. The third-order valence-corrected chi connectivity index (χ3v) is 1.84. The van der Waals surface area contributed by atoms with E-state index in [9.17, 15) is 5.11 Å². The van der Waals surface area contributed by atoms with E-state index in [2.05, 4.69) is 0 Å². The molecule has 0 saturated heterocycles. The predicted octanol–water partition coefficient (Wildman–Crippen LogP) is 0.326. The zero-order chi connectivity index (χ0) is 15.5. The smallest absolute Gasteiger partial charge is 0.291 e. The van der Waals surface area contributed by atoms with Crippen molar-refractivity contribution in [2.45, 2.75) is 33.8 Å². The highest BCUT2D eigenvalue weighted by Crippen LogP contribution is 2.24. The summed E-state index contributed by atoms with van der Waals surface area (Å²) >= 11 is 0. The van der Waals surface area contributed by atoms with Gasteiger partial charge in [0.05, 0.1) is 12.7 Å². The highest BCUT2D eigenvalue weighted by molar-refractivity contribution is 4.78. The van der Waals surface area contributed by atoms with Gasteiger partial charge >= 0.3 is 0 Å². The van der Waals surface area contributed by atoms with Crippen molar-refractivity contribution in [2.24, 2.45) is 11.3 Å². The van der Waals surface area contributed by atoms with Crippen molar-refractivity contribution >= 4 is 0 Å². The molecule has 0 spiro atoms. The Morgan fingerprint density at radius 1 is 1.11 bits per heavy atom. The van der Waals surface area contributed by atoms with Crippen LogP contribution in [0.2, 0.25) is 0 Å². The molecule has 0 aliphatic rings. The van der Waals surface area contributed by atoms with Crippen LogP contribution in [0.3, 0.4) is 0 Å². The van der Waals surface area contributed by atoms with Crippen LogP contribution in [0.1, 0.15) is 27.7 Å². The van der Waals surface area contributed by atoms with Gasteiger partial charge in [-0.25, -0.2) is 0 Å². The fourth-order valence-electron chi connectivity index (χ4n) is 0.996. The van der Waals surface area contributed by atoms with E-state index in [0.717, 1.165) is 0 Å². The molecule has 10 nitrogen and oxygen atoms in total. The summed E-state index contributed by atoms with van der Waals surface area (Å²) < 4.78 is 0. The van der Waals surface area contributed by atoms with Crippen LogP contribution >= 0.6 is 0 Å². The molecule has 110 valence electrons. The molecular formula is C8H20N2O8. The highest BCUT2D eigenvalue weighted by Gasteiger charge is 2.28. The van der Waals surface area contributed by atoms with Gasteiger partial charge in [-0.3, -0.25) is 0 Å². The lowest BCUT2D eigenvalue weighted by Gasteiger charge is -2.30. The van der Waals surface area contributed by atoms with Gasteiger partial charge in [-0.05, 0) is 5.92 Å². The molecule has 0 radical (unpaired) electrons. The van der Waals surface area contributed by atoms with Crippen LogP contribution in [0.5, 0.6) is 0 Å². The van der Waals surface area contributed by atoms with Crippen LogP contribution in [0.25, 0.3) is 0 Å². The Hall–Kier alpha value is -1.68. The van der Waals surface area contributed by atoms with E-state index in [1.54, 1.807) is 0 Å². The first-order valence-electron chi connectivity index (χ1n) is 4.83. The first kappa shape index (κ1) is 21.6. The largest absolute Gasteiger partial charge is 0.396 e. The Bertz CT molecular complexity index is 223. The molecule has 0 aliphatic heterocycles. The number of rotatable bonds is 3. The molecule has 0 aromatic carbocycles. The Labute approximate surface area is 104 Å². The number of nitrogens with zero attached hydrogens (tertiary/aromatic N) is 2. The van der Waals surface area contributed by atoms with E-state index >= 15 is 0 Å². The third kappa shape index (κ3) is 19.8. The second-order valence-corrected chi connectivity index (χ2v) is 4.31. The second-order valence-electron chi connectivity index (χ2n) is 4.31. The normalized spacial score (nSPS) is 11.5. The van der Waals surface area contributed by atoms with Crippen molar-refractivity contribution < 1.29 is 30.8 Å². The number of aliphatic hydroxyl groups is 2. The third-order valence-electron chi connectivity index (χ3n) is 1.84. The summed E-state index contributed by atoms with van der Waals surface area (Å²) in [7, 11) is 0. The Kier molecular flexibility index (Phi) is 12.6. The van der Waals surface area contributed by atoms with Gasteiger partial charge in [0.15, 0.2) is 0 Å². The van der Waals surface area contributed by atoms with Gasteiger partial charge in [0.1, 0.15) is 0 Å². The lowest BCUT2D eigenvalue weighted by molar-refractivity contribution is -0.742. The average molecular weight is 272 g/mol.